The first-order valence-electron chi connectivity index (χ1n) is 10.1. The Kier molecular flexibility index (Phi) is 5.75. The third kappa shape index (κ3) is 4.09. The molecule has 1 fully saturated rings. The van der Waals surface area contributed by atoms with Gasteiger partial charge in [-0.15, -0.1) is 0 Å². The Morgan fingerprint density at radius 3 is 2.59 bits per heavy atom. The van der Waals surface area contributed by atoms with Crippen LogP contribution in [-0.2, 0) is 7.05 Å². The summed E-state index contributed by atoms with van der Waals surface area (Å²) in [5.74, 6) is 0.805. The summed E-state index contributed by atoms with van der Waals surface area (Å²) in [4.78, 5) is 28.2. The predicted octanol–water partition coefficient (Wildman–Crippen LogP) is 1.05. The average molecular weight is 397 g/mol. The Hall–Kier alpha value is -2.94. The third-order valence-corrected chi connectivity index (χ3v) is 5.72. The Labute approximate surface area is 170 Å². The second-order valence-corrected chi connectivity index (χ2v) is 7.51. The van der Waals surface area contributed by atoms with Gasteiger partial charge in [0.2, 0.25) is 5.95 Å². The minimum absolute atomic E-state index is 0.0113. The standard InChI is InChI=1S/C20H27N7O2/c1-24-10-4-16-17(23-29)5-11-26(19(28)18(16)24)9-3-8-25-12-14-27(15-13-25)20-21-6-2-7-22-20/h2,4,6-7,10,29H,3,5,8-9,11-15H2,1H3/b23-17-. The molecule has 154 valence electrons. The van der Waals surface area contributed by atoms with Crippen LogP contribution in [0.4, 0.5) is 5.95 Å². The molecule has 0 saturated carbocycles. The van der Waals surface area contributed by atoms with Gasteiger partial charge in [-0.25, -0.2) is 9.97 Å². The quantitative estimate of drug-likeness (QED) is 0.599. The van der Waals surface area contributed by atoms with Crippen molar-refractivity contribution in [3.8, 4) is 0 Å². The first kappa shape index (κ1) is 19.4. The number of aryl methyl sites for hydroxylation is 1. The van der Waals surface area contributed by atoms with Crippen LogP contribution in [0.3, 0.4) is 0 Å². The van der Waals surface area contributed by atoms with Crippen molar-refractivity contribution in [2.45, 2.75) is 12.8 Å². The highest BCUT2D eigenvalue weighted by Gasteiger charge is 2.28. The topological polar surface area (TPSA) is 90.1 Å². The molecule has 9 heteroatoms. The van der Waals surface area contributed by atoms with Crippen LogP contribution < -0.4 is 4.90 Å². The Bertz CT molecular complexity index is 872. The molecule has 0 bridgehead atoms. The molecule has 0 aliphatic carbocycles. The molecule has 1 amide bonds. The van der Waals surface area contributed by atoms with E-state index in [1.54, 1.807) is 12.4 Å². The monoisotopic (exact) mass is 397 g/mol. The zero-order valence-electron chi connectivity index (χ0n) is 16.7. The fraction of sp³-hybridized carbons (Fsp3) is 0.500. The second-order valence-electron chi connectivity index (χ2n) is 7.51. The molecule has 2 aliphatic rings. The molecular weight excluding hydrogens is 370 g/mol. The number of carbonyl (C=O) groups excluding carboxylic acids is 1. The zero-order chi connectivity index (χ0) is 20.2. The molecule has 0 atom stereocenters. The summed E-state index contributed by atoms with van der Waals surface area (Å²) in [6.45, 7) is 5.99. The lowest BCUT2D eigenvalue weighted by Crippen LogP contribution is -2.47. The average Bonchev–Trinajstić information content (AvgIpc) is 3.08. The van der Waals surface area contributed by atoms with Crippen molar-refractivity contribution in [1.82, 2.24) is 24.3 Å². The van der Waals surface area contributed by atoms with Gasteiger partial charge in [0, 0.05) is 76.9 Å². The maximum Gasteiger partial charge on any atom is 0.271 e. The van der Waals surface area contributed by atoms with Gasteiger partial charge in [-0.2, -0.15) is 0 Å². The third-order valence-electron chi connectivity index (χ3n) is 5.72. The smallest absolute Gasteiger partial charge is 0.271 e. The summed E-state index contributed by atoms with van der Waals surface area (Å²) < 4.78 is 1.81. The van der Waals surface area contributed by atoms with Crippen molar-refractivity contribution in [3.05, 3.63) is 42.0 Å². The van der Waals surface area contributed by atoms with Gasteiger partial charge in [0.25, 0.3) is 5.91 Å². The van der Waals surface area contributed by atoms with Crippen LogP contribution in [0.5, 0.6) is 0 Å². The van der Waals surface area contributed by atoms with Crippen molar-refractivity contribution >= 4 is 17.6 Å². The van der Waals surface area contributed by atoms with Crippen molar-refractivity contribution in [2.24, 2.45) is 12.2 Å². The highest BCUT2D eigenvalue weighted by atomic mass is 16.4. The maximum atomic E-state index is 13.0. The lowest BCUT2D eigenvalue weighted by atomic mass is 10.1. The van der Waals surface area contributed by atoms with E-state index in [1.165, 1.54) is 0 Å². The van der Waals surface area contributed by atoms with Crippen molar-refractivity contribution in [3.63, 3.8) is 0 Å². The number of hydrogen-bond donors (Lipinski definition) is 1. The summed E-state index contributed by atoms with van der Waals surface area (Å²) in [6.07, 6.45) is 6.87. The molecule has 2 aromatic heterocycles. The molecular formula is C20H27N7O2. The number of oxime groups is 1. The van der Waals surface area contributed by atoms with Gasteiger partial charge in [-0.05, 0) is 25.1 Å². The molecule has 0 radical (unpaired) electrons. The molecule has 1 saturated heterocycles. The predicted molar refractivity (Wildman–Crippen MR) is 110 cm³/mol. The van der Waals surface area contributed by atoms with Gasteiger partial charge in [0.1, 0.15) is 5.69 Å². The van der Waals surface area contributed by atoms with Crippen LogP contribution in [0, 0.1) is 0 Å². The molecule has 4 heterocycles. The van der Waals surface area contributed by atoms with Crippen molar-refractivity contribution in [1.29, 1.82) is 0 Å². The van der Waals surface area contributed by atoms with Crippen LogP contribution in [0.1, 0.15) is 28.9 Å². The fourth-order valence-corrected chi connectivity index (χ4v) is 4.08. The van der Waals surface area contributed by atoms with E-state index >= 15 is 0 Å². The number of rotatable bonds is 5. The van der Waals surface area contributed by atoms with E-state index in [9.17, 15) is 10.0 Å². The molecule has 0 spiro atoms. The minimum Gasteiger partial charge on any atom is -0.411 e. The number of aromatic nitrogens is 3. The van der Waals surface area contributed by atoms with Crippen LogP contribution in [0.15, 0.2) is 35.9 Å². The van der Waals surface area contributed by atoms with E-state index < -0.39 is 0 Å². The highest BCUT2D eigenvalue weighted by Crippen LogP contribution is 2.20. The van der Waals surface area contributed by atoms with Crippen LogP contribution in [0.2, 0.25) is 0 Å². The summed E-state index contributed by atoms with van der Waals surface area (Å²) in [7, 11) is 1.85. The molecule has 2 aromatic rings. The normalized spacial score (nSPS) is 19.5. The van der Waals surface area contributed by atoms with E-state index in [0.29, 0.717) is 30.9 Å². The van der Waals surface area contributed by atoms with E-state index in [0.717, 1.165) is 50.7 Å². The molecule has 0 unspecified atom stereocenters. The van der Waals surface area contributed by atoms with E-state index in [4.69, 9.17) is 0 Å². The van der Waals surface area contributed by atoms with Crippen LogP contribution in [0.25, 0.3) is 0 Å². The summed E-state index contributed by atoms with van der Waals surface area (Å²) >= 11 is 0. The van der Waals surface area contributed by atoms with Crippen LogP contribution in [-0.4, -0.2) is 87.0 Å². The second kappa shape index (κ2) is 8.60. The molecule has 2 aliphatic heterocycles. The van der Waals surface area contributed by atoms with Gasteiger partial charge >= 0.3 is 0 Å². The van der Waals surface area contributed by atoms with Crippen molar-refractivity contribution < 1.29 is 10.0 Å². The lowest BCUT2D eigenvalue weighted by Gasteiger charge is -2.35. The molecule has 9 nitrogen and oxygen atoms in total. The Morgan fingerprint density at radius 1 is 1.10 bits per heavy atom. The Morgan fingerprint density at radius 2 is 1.86 bits per heavy atom. The number of amides is 1. The van der Waals surface area contributed by atoms with Gasteiger partial charge in [-0.3, -0.25) is 9.69 Å². The van der Waals surface area contributed by atoms with Gasteiger partial charge in [0.15, 0.2) is 0 Å². The lowest BCUT2D eigenvalue weighted by molar-refractivity contribution is 0.0745. The molecule has 1 N–H and O–H groups in total. The molecule has 4 rings (SSSR count). The van der Waals surface area contributed by atoms with E-state index in [1.807, 2.05) is 34.8 Å². The minimum atomic E-state index is 0.0113. The molecule has 0 aromatic carbocycles. The number of carbonyl (C=O) groups is 1. The summed E-state index contributed by atoms with van der Waals surface area (Å²) in [5, 5.41) is 12.7. The largest absolute Gasteiger partial charge is 0.411 e. The first-order valence-corrected chi connectivity index (χ1v) is 10.1. The zero-order valence-corrected chi connectivity index (χ0v) is 16.7. The summed E-state index contributed by atoms with van der Waals surface area (Å²) in [6, 6.07) is 3.68. The first-order chi connectivity index (χ1) is 14.2. The highest BCUT2D eigenvalue weighted by molar-refractivity contribution is 6.11. The number of hydrogen-bond acceptors (Lipinski definition) is 7. The maximum absolute atomic E-state index is 13.0. The van der Waals surface area contributed by atoms with Gasteiger partial charge in [-0.1, -0.05) is 5.16 Å². The number of nitrogens with zero attached hydrogens (tertiary/aromatic N) is 7. The van der Waals surface area contributed by atoms with Gasteiger partial charge < -0.3 is 19.6 Å². The van der Waals surface area contributed by atoms with Crippen LogP contribution >= 0.6 is 0 Å². The number of piperazine rings is 1. The van der Waals surface area contributed by atoms with E-state index in [-0.39, 0.29) is 5.91 Å². The van der Waals surface area contributed by atoms with E-state index in [2.05, 4.69) is 24.9 Å². The van der Waals surface area contributed by atoms with Crippen molar-refractivity contribution in [2.75, 3.05) is 50.7 Å². The Balaban J connectivity index is 1.29. The number of anilines is 1. The molecule has 29 heavy (non-hydrogen) atoms. The SMILES string of the molecule is Cn1ccc2c1C(=O)N(CCCN1CCN(c3ncccn3)CC1)CC/C2=N/O. The van der Waals surface area contributed by atoms with Gasteiger partial charge in [0.05, 0.1) is 5.71 Å². The summed E-state index contributed by atoms with van der Waals surface area (Å²) in [5.41, 5.74) is 1.92. The number of fused-ring (bicyclic) bond motifs is 1. The fourth-order valence-electron chi connectivity index (χ4n) is 4.08.